The van der Waals surface area contributed by atoms with Gasteiger partial charge in [0, 0.05) is 21.2 Å². The minimum Gasteiger partial charge on any atom is -0.497 e. The maximum absolute atomic E-state index is 14.2. The fraction of sp³-hybridized carbons (Fsp3) is 0.0357. The summed E-state index contributed by atoms with van der Waals surface area (Å²) in [5.74, 6) is 0.657. The zero-order valence-electron chi connectivity index (χ0n) is 19.1. The third kappa shape index (κ3) is 4.51. The summed E-state index contributed by atoms with van der Waals surface area (Å²) in [6.07, 6.45) is 0. The fourth-order valence-electron chi connectivity index (χ4n) is 3.94. The Labute approximate surface area is 219 Å². The largest absolute Gasteiger partial charge is 0.497 e. The van der Waals surface area contributed by atoms with E-state index < -0.39 is 9.84 Å². The molecule has 0 radical (unpaired) electrons. The van der Waals surface area contributed by atoms with Crippen molar-refractivity contribution in [3.05, 3.63) is 113 Å². The molecule has 0 aliphatic carbocycles. The van der Waals surface area contributed by atoms with Crippen LogP contribution in [0.5, 0.6) is 5.75 Å². The topological polar surface area (TPSA) is 61.2 Å². The van der Waals surface area contributed by atoms with Crippen molar-refractivity contribution in [2.45, 2.75) is 9.79 Å². The lowest BCUT2D eigenvalue weighted by molar-refractivity contribution is 0.415. The molecule has 0 fully saturated rings. The summed E-state index contributed by atoms with van der Waals surface area (Å²) in [6.45, 7) is 0. The number of para-hydroxylation sites is 1. The summed E-state index contributed by atoms with van der Waals surface area (Å²) in [7, 11) is -2.45. The van der Waals surface area contributed by atoms with Crippen molar-refractivity contribution < 1.29 is 13.2 Å². The molecular weight excluding hydrogens is 515 g/mol. The maximum atomic E-state index is 14.2. The van der Waals surface area contributed by atoms with Crippen LogP contribution in [0.2, 0.25) is 10.0 Å². The first kappa shape index (κ1) is 24.1. The predicted molar refractivity (Wildman–Crippen MR) is 143 cm³/mol. The van der Waals surface area contributed by atoms with Crippen LogP contribution in [-0.2, 0) is 9.84 Å². The van der Waals surface area contributed by atoms with Crippen LogP contribution in [-0.4, -0.2) is 25.3 Å². The van der Waals surface area contributed by atoms with Gasteiger partial charge in [0.2, 0.25) is 9.84 Å². The fourth-order valence-corrected chi connectivity index (χ4v) is 5.80. The molecule has 1 heterocycles. The van der Waals surface area contributed by atoms with Gasteiger partial charge in [0.15, 0.2) is 0 Å². The van der Waals surface area contributed by atoms with Gasteiger partial charge in [-0.25, -0.2) is 13.1 Å². The second-order valence-electron chi connectivity index (χ2n) is 7.97. The molecule has 0 spiro atoms. The molecule has 0 bridgehead atoms. The minimum atomic E-state index is -4.03. The van der Waals surface area contributed by atoms with Gasteiger partial charge in [0.25, 0.3) is 0 Å². The molecule has 0 atom stereocenters. The van der Waals surface area contributed by atoms with Gasteiger partial charge in [0.1, 0.15) is 16.3 Å². The van der Waals surface area contributed by atoms with E-state index in [4.69, 9.17) is 33.0 Å². The predicted octanol–water partition coefficient (Wildman–Crippen LogP) is 7.35. The number of hydrogen-bond acceptors (Lipinski definition) is 4. The van der Waals surface area contributed by atoms with Crippen molar-refractivity contribution in [3.8, 4) is 34.0 Å². The third-order valence-corrected chi connectivity index (χ3v) is 8.04. The van der Waals surface area contributed by atoms with E-state index in [9.17, 15) is 8.42 Å². The highest BCUT2D eigenvalue weighted by molar-refractivity contribution is 7.91. The molecule has 4 aromatic carbocycles. The van der Waals surface area contributed by atoms with Crippen molar-refractivity contribution in [2.75, 3.05) is 7.11 Å². The van der Waals surface area contributed by atoms with Crippen LogP contribution in [0.15, 0.2) is 113 Å². The van der Waals surface area contributed by atoms with Gasteiger partial charge in [-0.1, -0.05) is 53.5 Å². The zero-order chi connectivity index (χ0) is 25.3. The summed E-state index contributed by atoms with van der Waals surface area (Å²) < 4.78 is 35.4. The van der Waals surface area contributed by atoms with E-state index in [0.29, 0.717) is 38.3 Å². The lowest BCUT2D eigenvalue weighted by atomic mass is 10.1. The van der Waals surface area contributed by atoms with E-state index in [2.05, 4.69) is 0 Å². The Hall–Kier alpha value is -3.58. The second kappa shape index (κ2) is 9.82. The molecule has 0 N–H and O–H groups in total. The van der Waals surface area contributed by atoms with E-state index >= 15 is 0 Å². The van der Waals surface area contributed by atoms with Crippen molar-refractivity contribution in [2.24, 2.45) is 0 Å². The Morgan fingerprint density at radius 3 is 1.86 bits per heavy atom. The Morgan fingerprint density at radius 2 is 1.28 bits per heavy atom. The number of benzene rings is 4. The summed E-state index contributed by atoms with van der Waals surface area (Å²) in [5, 5.41) is 5.83. The molecule has 180 valence electrons. The average Bonchev–Trinajstić information content (AvgIpc) is 3.31. The number of aromatic nitrogens is 2. The molecule has 5 rings (SSSR count). The van der Waals surface area contributed by atoms with Gasteiger partial charge in [0.05, 0.1) is 23.4 Å². The lowest BCUT2D eigenvalue weighted by Gasteiger charge is -2.12. The van der Waals surface area contributed by atoms with E-state index in [1.165, 1.54) is 12.1 Å². The monoisotopic (exact) mass is 534 g/mol. The molecule has 5 aromatic rings. The Kier molecular flexibility index (Phi) is 6.58. The number of halogens is 2. The summed E-state index contributed by atoms with van der Waals surface area (Å²) in [6, 6.07) is 29.7. The average molecular weight is 535 g/mol. The first-order valence-electron chi connectivity index (χ1n) is 11.0. The van der Waals surface area contributed by atoms with E-state index in [-0.39, 0.29) is 9.79 Å². The van der Waals surface area contributed by atoms with Crippen LogP contribution in [0.1, 0.15) is 0 Å². The SMILES string of the molecule is COc1ccc(-c2c(S(=O)(=O)c3ccc(Cl)cc3)c(-c3ccc(Cl)cc3)nn2-c2ccccc2)cc1. The highest BCUT2D eigenvalue weighted by atomic mass is 35.5. The molecular formula is C28H20Cl2N2O3S. The van der Waals surface area contributed by atoms with Gasteiger partial charge >= 0.3 is 0 Å². The third-order valence-electron chi connectivity index (χ3n) is 5.72. The van der Waals surface area contributed by atoms with Gasteiger partial charge < -0.3 is 4.74 Å². The molecule has 0 amide bonds. The van der Waals surface area contributed by atoms with Gasteiger partial charge in [-0.15, -0.1) is 0 Å². The minimum absolute atomic E-state index is 0.0844. The lowest BCUT2D eigenvalue weighted by Crippen LogP contribution is -2.06. The van der Waals surface area contributed by atoms with E-state index in [1.54, 1.807) is 60.3 Å². The first-order valence-corrected chi connectivity index (χ1v) is 13.2. The van der Waals surface area contributed by atoms with Gasteiger partial charge in [-0.05, 0) is 72.8 Å². The van der Waals surface area contributed by atoms with Crippen molar-refractivity contribution in [1.82, 2.24) is 9.78 Å². The summed E-state index contributed by atoms with van der Waals surface area (Å²) in [4.78, 5) is 0.200. The van der Waals surface area contributed by atoms with Crippen LogP contribution in [0.3, 0.4) is 0 Å². The quantitative estimate of drug-likeness (QED) is 0.228. The van der Waals surface area contributed by atoms with Gasteiger partial charge in [-0.2, -0.15) is 5.10 Å². The molecule has 0 saturated carbocycles. The van der Waals surface area contributed by atoms with Crippen LogP contribution in [0, 0.1) is 0 Å². The number of sulfone groups is 1. The number of rotatable bonds is 6. The molecule has 1 aromatic heterocycles. The normalized spacial score (nSPS) is 11.4. The highest BCUT2D eigenvalue weighted by Crippen LogP contribution is 2.41. The summed E-state index contributed by atoms with van der Waals surface area (Å²) >= 11 is 12.2. The zero-order valence-corrected chi connectivity index (χ0v) is 21.4. The van der Waals surface area contributed by atoms with Crippen LogP contribution < -0.4 is 4.74 Å². The summed E-state index contributed by atoms with van der Waals surface area (Å²) in [5.41, 5.74) is 2.76. The van der Waals surface area contributed by atoms with Crippen molar-refractivity contribution >= 4 is 33.0 Å². The Morgan fingerprint density at radius 1 is 0.722 bits per heavy atom. The second-order valence-corrected chi connectivity index (χ2v) is 10.7. The molecule has 0 aliphatic heterocycles. The molecule has 0 aliphatic rings. The van der Waals surface area contributed by atoms with Crippen LogP contribution in [0.25, 0.3) is 28.2 Å². The molecule has 0 saturated heterocycles. The Bertz CT molecular complexity index is 1610. The van der Waals surface area contributed by atoms with Crippen LogP contribution in [0.4, 0.5) is 0 Å². The standard InChI is InChI=1S/C28H20Cl2N2O3S/c1-35-24-15-9-20(10-16-24)27-28(36(33,34)25-17-13-22(30)14-18-25)26(19-7-11-21(29)12-8-19)31-32(27)23-5-3-2-4-6-23/h2-18H,1H3. The highest BCUT2D eigenvalue weighted by Gasteiger charge is 2.32. The number of methoxy groups -OCH3 is 1. The van der Waals surface area contributed by atoms with Crippen molar-refractivity contribution in [1.29, 1.82) is 0 Å². The van der Waals surface area contributed by atoms with Crippen molar-refractivity contribution in [3.63, 3.8) is 0 Å². The first-order chi connectivity index (χ1) is 17.4. The molecule has 36 heavy (non-hydrogen) atoms. The van der Waals surface area contributed by atoms with E-state index in [1.807, 2.05) is 42.5 Å². The van der Waals surface area contributed by atoms with Gasteiger partial charge in [-0.3, -0.25) is 0 Å². The smallest absolute Gasteiger partial charge is 0.210 e. The Balaban J connectivity index is 1.88. The molecule has 5 nitrogen and oxygen atoms in total. The number of ether oxygens (including phenoxy) is 1. The number of nitrogens with zero attached hydrogens (tertiary/aromatic N) is 2. The number of hydrogen-bond donors (Lipinski definition) is 0. The molecule has 8 heteroatoms. The van der Waals surface area contributed by atoms with Crippen LogP contribution >= 0.6 is 23.2 Å². The maximum Gasteiger partial charge on any atom is 0.210 e. The molecule has 0 unspecified atom stereocenters. The van der Waals surface area contributed by atoms with E-state index in [0.717, 1.165) is 5.69 Å².